The summed E-state index contributed by atoms with van der Waals surface area (Å²) < 4.78 is 10.1. The topological polar surface area (TPSA) is 72.6 Å². The lowest BCUT2D eigenvalue weighted by molar-refractivity contribution is 0.0663. The normalized spacial score (nSPS) is 10.4. The minimum Gasteiger partial charge on any atom is -0.496 e. The van der Waals surface area contributed by atoms with Crippen molar-refractivity contribution in [3.8, 4) is 17.0 Å². The molecule has 0 atom stereocenters. The maximum Gasteiger partial charge on any atom is 0.374 e. The highest BCUT2D eigenvalue weighted by molar-refractivity contribution is 5.92. The molecule has 0 spiro atoms. The van der Waals surface area contributed by atoms with Crippen molar-refractivity contribution in [3.05, 3.63) is 35.4 Å². The number of aromatic nitrogens is 1. The third-order valence-corrected chi connectivity index (χ3v) is 2.76. The van der Waals surface area contributed by atoms with Crippen molar-refractivity contribution in [1.82, 2.24) is 4.98 Å². The van der Waals surface area contributed by atoms with Crippen LogP contribution in [0.4, 0.5) is 0 Å². The lowest BCUT2D eigenvalue weighted by atomic mass is 10.0. The first-order valence-electron chi connectivity index (χ1n) is 5.37. The van der Waals surface area contributed by atoms with E-state index >= 15 is 0 Å². The number of carboxylic acid groups (broad SMARTS) is 1. The fourth-order valence-electron chi connectivity index (χ4n) is 1.85. The third kappa shape index (κ3) is 1.95. The first kappa shape index (κ1) is 12.2. The van der Waals surface area contributed by atoms with Gasteiger partial charge in [-0.3, -0.25) is 0 Å². The van der Waals surface area contributed by atoms with Gasteiger partial charge >= 0.3 is 5.97 Å². The molecule has 0 unspecified atom stereocenters. The third-order valence-electron chi connectivity index (χ3n) is 2.76. The Hall–Kier alpha value is -2.30. The summed E-state index contributed by atoms with van der Waals surface area (Å²) in [7, 11) is 1.60. The van der Waals surface area contributed by atoms with Gasteiger partial charge in [-0.2, -0.15) is 0 Å². The van der Waals surface area contributed by atoms with Gasteiger partial charge in [0.15, 0.2) is 6.39 Å². The Morgan fingerprint density at radius 1 is 1.33 bits per heavy atom. The molecule has 5 heteroatoms. The number of carboxylic acids is 1. The van der Waals surface area contributed by atoms with Crippen molar-refractivity contribution in [1.29, 1.82) is 0 Å². The van der Waals surface area contributed by atoms with E-state index in [4.69, 9.17) is 14.3 Å². The zero-order valence-electron chi connectivity index (χ0n) is 10.4. The Kier molecular flexibility index (Phi) is 3.06. The summed E-state index contributed by atoms with van der Waals surface area (Å²) in [5, 5.41) is 9.02. The molecule has 0 amide bonds. The van der Waals surface area contributed by atoms with Crippen molar-refractivity contribution in [2.75, 3.05) is 7.11 Å². The predicted molar refractivity (Wildman–Crippen MR) is 64.9 cm³/mol. The number of benzene rings is 1. The summed E-state index contributed by atoms with van der Waals surface area (Å²) in [6.07, 6.45) is 1.14. The van der Waals surface area contributed by atoms with Crippen LogP contribution >= 0.6 is 0 Å². The monoisotopic (exact) mass is 247 g/mol. The highest BCUT2D eigenvalue weighted by Crippen LogP contribution is 2.31. The van der Waals surface area contributed by atoms with Crippen molar-refractivity contribution in [2.24, 2.45) is 0 Å². The first-order valence-corrected chi connectivity index (χ1v) is 5.37. The number of oxazole rings is 1. The molecule has 94 valence electrons. The number of nitrogens with zero attached hydrogens (tertiary/aromatic N) is 1. The van der Waals surface area contributed by atoms with Crippen LogP contribution in [0.5, 0.6) is 5.75 Å². The van der Waals surface area contributed by atoms with Crippen LogP contribution in [0.25, 0.3) is 11.3 Å². The molecular formula is C13H13NO4. The number of rotatable bonds is 3. The number of carbonyl (C=O) groups is 1. The highest BCUT2D eigenvalue weighted by atomic mass is 16.5. The molecule has 1 heterocycles. The van der Waals surface area contributed by atoms with E-state index in [1.165, 1.54) is 0 Å². The van der Waals surface area contributed by atoms with Gasteiger partial charge in [-0.25, -0.2) is 9.78 Å². The Balaban J connectivity index is 2.61. The standard InChI is InChI=1S/C13H13NO4/c1-7-5-10(17-3)8(2)4-9(7)11-12(13(15)16)18-6-14-11/h4-6H,1-3H3,(H,15,16). The van der Waals surface area contributed by atoms with Gasteiger partial charge in [-0.15, -0.1) is 0 Å². The molecule has 0 saturated heterocycles. The van der Waals surface area contributed by atoms with Gasteiger partial charge in [0.05, 0.1) is 7.11 Å². The van der Waals surface area contributed by atoms with Crippen LogP contribution in [0.15, 0.2) is 22.9 Å². The van der Waals surface area contributed by atoms with Crippen molar-refractivity contribution in [2.45, 2.75) is 13.8 Å². The van der Waals surface area contributed by atoms with Gasteiger partial charge in [0.2, 0.25) is 5.76 Å². The number of hydrogen-bond acceptors (Lipinski definition) is 4. The number of aromatic carboxylic acids is 1. The summed E-state index contributed by atoms with van der Waals surface area (Å²) in [5.74, 6) is -0.519. The van der Waals surface area contributed by atoms with Crippen LogP contribution in [0.2, 0.25) is 0 Å². The quantitative estimate of drug-likeness (QED) is 0.902. The van der Waals surface area contributed by atoms with Gasteiger partial charge in [-0.05, 0) is 37.1 Å². The van der Waals surface area contributed by atoms with E-state index in [0.717, 1.165) is 28.8 Å². The van der Waals surface area contributed by atoms with E-state index in [1.54, 1.807) is 7.11 Å². The molecule has 1 N–H and O–H groups in total. The smallest absolute Gasteiger partial charge is 0.374 e. The van der Waals surface area contributed by atoms with Gasteiger partial charge in [0, 0.05) is 5.56 Å². The molecule has 0 aliphatic heterocycles. The molecule has 0 aliphatic carbocycles. The molecular weight excluding hydrogens is 234 g/mol. The minimum atomic E-state index is -1.13. The number of ether oxygens (including phenoxy) is 1. The summed E-state index contributed by atoms with van der Waals surface area (Å²) in [6.45, 7) is 3.76. The SMILES string of the molecule is COc1cc(C)c(-c2ncoc2C(=O)O)cc1C. The molecule has 1 aromatic heterocycles. The fraction of sp³-hybridized carbons (Fsp3) is 0.231. The molecule has 18 heavy (non-hydrogen) atoms. The molecule has 5 nitrogen and oxygen atoms in total. The Morgan fingerprint density at radius 3 is 2.67 bits per heavy atom. The number of hydrogen-bond donors (Lipinski definition) is 1. The van der Waals surface area contributed by atoms with Crippen LogP contribution in [-0.2, 0) is 0 Å². The zero-order valence-corrected chi connectivity index (χ0v) is 10.4. The summed E-state index contributed by atoms with van der Waals surface area (Å²) in [4.78, 5) is 15.0. The summed E-state index contributed by atoms with van der Waals surface area (Å²) in [5.41, 5.74) is 2.87. The lowest BCUT2D eigenvalue weighted by Gasteiger charge is -2.09. The zero-order chi connectivity index (χ0) is 13.3. The fourth-order valence-corrected chi connectivity index (χ4v) is 1.85. The highest BCUT2D eigenvalue weighted by Gasteiger charge is 2.19. The van der Waals surface area contributed by atoms with E-state index in [9.17, 15) is 4.79 Å². The summed E-state index contributed by atoms with van der Waals surface area (Å²) >= 11 is 0. The Bertz CT molecular complexity index is 601. The van der Waals surface area contributed by atoms with E-state index < -0.39 is 5.97 Å². The maximum atomic E-state index is 11.0. The molecule has 0 fully saturated rings. The predicted octanol–water partition coefficient (Wildman–Crippen LogP) is 2.67. The van der Waals surface area contributed by atoms with Gasteiger partial charge in [0.25, 0.3) is 0 Å². The Labute approximate surface area is 104 Å². The van der Waals surface area contributed by atoms with Gasteiger partial charge in [-0.1, -0.05) is 0 Å². The van der Waals surface area contributed by atoms with Crippen LogP contribution in [0.3, 0.4) is 0 Å². The number of methoxy groups -OCH3 is 1. The average Bonchev–Trinajstić information content (AvgIpc) is 2.80. The van der Waals surface area contributed by atoms with Crippen LogP contribution in [-0.4, -0.2) is 23.2 Å². The van der Waals surface area contributed by atoms with Gasteiger partial charge in [0.1, 0.15) is 11.4 Å². The Morgan fingerprint density at radius 2 is 2.06 bits per heavy atom. The van der Waals surface area contributed by atoms with E-state index in [0.29, 0.717) is 5.69 Å². The first-order chi connectivity index (χ1) is 8.54. The van der Waals surface area contributed by atoms with Crippen LogP contribution < -0.4 is 4.74 Å². The van der Waals surface area contributed by atoms with Crippen molar-refractivity contribution >= 4 is 5.97 Å². The van der Waals surface area contributed by atoms with Crippen molar-refractivity contribution < 1.29 is 19.1 Å². The second-order valence-electron chi connectivity index (χ2n) is 3.97. The van der Waals surface area contributed by atoms with E-state index in [-0.39, 0.29) is 5.76 Å². The largest absolute Gasteiger partial charge is 0.496 e. The number of aryl methyl sites for hydroxylation is 2. The molecule has 0 saturated carbocycles. The minimum absolute atomic E-state index is 0.150. The van der Waals surface area contributed by atoms with Crippen LogP contribution in [0.1, 0.15) is 21.7 Å². The van der Waals surface area contributed by atoms with Crippen LogP contribution in [0, 0.1) is 13.8 Å². The lowest BCUT2D eigenvalue weighted by Crippen LogP contribution is -1.99. The van der Waals surface area contributed by atoms with E-state index in [1.807, 2.05) is 26.0 Å². The molecule has 0 aliphatic rings. The van der Waals surface area contributed by atoms with Crippen molar-refractivity contribution in [3.63, 3.8) is 0 Å². The molecule has 1 aromatic carbocycles. The second-order valence-corrected chi connectivity index (χ2v) is 3.97. The molecule has 2 rings (SSSR count). The van der Waals surface area contributed by atoms with E-state index in [2.05, 4.69) is 4.98 Å². The van der Waals surface area contributed by atoms with Gasteiger partial charge < -0.3 is 14.3 Å². The maximum absolute atomic E-state index is 11.0. The summed E-state index contributed by atoms with van der Waals surface area (Å²) in [6, 6.07) is 3.70. The average molecular weight is 247 g/mol. The molecule has 0 bridgehead atoms. The molecule has 2 aromatic rings. The molecule has 0 radical (unpaired) electrons. The second kappa shape index (κ2) is 4.52.